The van der Waals surface area contributed by atoms with Crippen LogP contribution in [0.15, 0.2) is 53.4 Å². The van der Waals surface area contributed by atoms with Crippen molar-refractivity contribution in [3.05, 3.63) is 59.1 Å². The van der Waals surface area contributed by atoms with E-state index in [2.05, 4.69) is 4.90 Å². The van der Waals surface area contributed by atoms with Gasteiger partial charge in [-0.3, -0.25) is 4.79 Å². The fraction of sp³-hybridized carbons (Fsp3) is 0.440. The van der Waals surface area contributed by atoms with Crippen LogP contribution in [0.5, 0.6) is 0 Å². The highest BCUT2D eigenvalue weighted by Crippen LogP contribution is 2.49. The number of carbonyl (C=O) groups is 2. The lowest BCUT2D eigenvalue weighted by atomic mass is 9.96. The number of hydrogen-bond donors (Lipinski definition) is 0. The lowest BCUT2D eigenvalue weighted by molar-refractivity contribution is -0.147. The quantitative estimate of drug-likeness (QED) is 0.427. The smallest absolute Gasteiger partial charge is 0.332 e. The first-order chi connectivity index (χ1) is 15.5. The van der Waals surface area contributed by atoms with Crippen LogP contribution in [-0.4, -0.2) is 54.8 Å². The van der Waals surface area contributed by atoms with E-state index in [0.29, 0.717) is 24.4 Å². The molecule has 1 fully saturated rings. The van der Waals surface area contributed by atoms with Crippen molar-refractivity contribution in [3.63, 3.8) is 0 Å². The molecular weight excluding hydrogens is 444 g/mol. The number of ether oxygens (including phenoxy) is 1. The summed E-state index contributed by atoms with van der Waals surface area (Å²) in [5, 5.41) is 0.579. The molecule has 32 heavy (non-hydrogen) atoms. The van der Waals surface area contributed by atoms with E-state index in [0.717, 1.165) is 35.8 Å². The number of carbonyl (C=O) groups excluding carboxylic acids is 2. The molecule has 0 spiro atoms. The molecule has 2 aromatic rings. The van der Waals surface area contributed by atoms with Crippen LogP contribution in [0.2, 0.25) is 5.02 Å². The maximum absolute atomic E-state index is 14.0. The third kappa shape index (κ3) is 4.82. The van der Waals surface area contributed by atoms with E-state index in [1.54, 1.807) is 4.90 Å². The molecule has 0 radical (unpaired) electrons. The number of amides is 1. The molecule has 2 aromatic carbocycles. The van der Waals surface area contributed by atoms with E-state index in [1.165, 1.54) is 38.1 Å². The average molecular weight is 473 g/mol. The number of likely N-dealkylation sites (tertiary alicyclic amines) is 1. The molecule has 5 nitrogen and oxygen atoms in total. The Bertz CT molecular complexity index is 965. The Morgan fingerprint density at radius 2 is 1.84 bits per heavy atom. The van der Waals surface area contributed by atoms with Crippen LogP contribution in [-0.2, 0) is 20.7 Å². The van der Waals surface area contributed by atoms with Gasteiger partial charge in [0.15, 0.2) is 4.75 Å². The maximum atomic E-state index is 14.0. The predicted molar refractivity (Wildman–Crippen MR) is 129 cm³/mol. The molecule has 1 atom stereocenters. The van der Waals surface area contributed by atoms with Crippen LogP contribution in [0.3, 0.4) is 0 Å². The molecular formula is C25H29ClN2O3S. The summed E-state index contributed by atoms with van der Waals surface area (Å²) in [6.45, 7) is 3.40. The number of aryl methyl sites for hydroxylation is 1. The maximum Gasteiger partial charge on any atom is 0.332 e. The second-order valence-electron chi connectivity index (χ2n) is 8.38. The van der Waals surface area contributed by atoms with E-state index in [-0.39, 0.29) is 5.91 Å². The van der Waals surface area contributed by atoms with Gasteiger partial charge in [0.1, 0.15) is 0 Å². The molecule has 4 rings (SSSR count). The number of halogens is 1. The molecule has 7 heteroatoms. The third-order valence-electron chi connectivity index (χ3n) is 6.30. The molecule has 1 unspecified atom stereocenters. The molecule has 0 aliphatic carbocycles. The van der Waals surface area contributed by atoms with Gasteiger partial charge in [-0.15, -0.1) is 0 Å². The van der Waals surface area contributed by atoms with Crippen molar-refractivity contribution in [1.82, 2.24) is 4.90 Å². The van der Waals surface area contributed by atoms with Crippen molar-refractivity contribution in [2.45, 2.75) is 41.7 Å². The summed E-state index contributed by atoms with van der Waals surface area (Å²) in [7, 11) is 1.36. The van der Waals surface area contributed by atoms with Crippen LogP contribution < -0.4 is 4.90 Å². The molecule has 2 aliphatic rings. The molecule has 1 saturated heterocycles. The first kappa shape index (κ1) is 23.1. The lowest BCUT2D eigenvalue weighted by Crippen LogP contribution is -2.56. The predicted octanol–water partition coefficient (Wildman–Crippen LogP) is 4.81. The molecule has 0 bridgehead atoms. The van der Waals surface area contributed by atoms with Gasteiger partial charge in [-0.1, -0.05) is 60.1 Å². The average Bonchev–Trinajstić information content (AvgIpc) is 2.83. The number of methoxy groups -OCH3 is 1. The highest BCUT2D eigenvalue weighted by molar-refractivity contribution is 8.02. The molecule has 2 heterocycles. The highest BCUT2D eigenvalue weighted by atomic mass is 35.5. The molecule has 0 N–H and O–H groups in total. The van der Waals surface area contributed by atoms with Crippen LogP contribution >= 0.6 is 23.4 Å². The zero-order valence-electron chi connectivity index (χ0n) is 18.4. The zero-order chi connectivity index (χ0) is 22.6. The monoisotopic (exact) mass is 472 g/mol. The summed E-state index contributed by atoms with van der Waals surface area (Å²) in [6.07, 6.45) is 4.62. The van der Waals surface area contributed by atoms with Gasteiger partial charge < -0.3 is 14.5 Å². The van der Waals surface area contributed by atoms with Crippen LogP contribution in [0.1, 0.15) is 31.2 Å². The number of fused-ring (bicyclic) bond motifs is 1. The number of nitrogens with zero attached hydrogens (tertiary/aromatic N) is 2. The number of anilines is 1. The van der Waals surface area contributed by atoms with Crippen molar-refractivity contribution in [1.29, 1.82) is 0 Å². The summed E-state index contributed by atoms with van der Waals surface area (Å²) in [5.41, 5.74) is 1.87. The molecule has 1 amide bonds. The Morgan fingerprint density at radius 1 is 1.09 bits per heavy atom. The van der Waals surface area contributed by atoms with E-state index in [9.17, 15) is 9.59 Å². The topological polar surface area (TPSA) is 49.9 Å². The van der Waals surface area contributed by atoms with Gasteiger partial charge in [-0.05, 0) is 62.5 Å². The standard InChI is InChI=1S/C25H29ClN2O3S/c1-31-24(30)25(13-12-19-8-4-2-5-9-19)23(29)28(17-16-27-14-6-3-7-15-27)21-18-20(26)10-11-22(21)32-25/h2,4-5,8-11,18H,3,6-7,12-17H2,1H3. The number of esters is 1. The second-order valence-corrected chi connectivity index (χ2v) is 10.2. The summed E-state index contributed by atoms with van der Waals surface area (Å²) in [5.74, 6) is -0.705. The number of hydrogen-bond acceptors (Lipinski definition) is 5. The largest absolute Gasteiger partial charge is 0.468 e. The SMILES string of the molecule is COC(=O)C1(CCc2ccccc2)Sc2ccc(Cl)cc2N(CCN2CCCCC2)C1=O. The normalized spacial score (nSPS) is 21.3. The van der Waals surface area contributed by atoms with E-state index < -0.39 is 10.7 Å². The number of piperidine rings is 1. The molecule has 0 aromatic heterocycles. The first-order valence-corrected chi connectivity index (χ1v) is 12.4. The Hall–Kier alpha value is -2.02. The minimum absolute atomic E-state index is 0.211. The highest BCUT2D eigenvalue weighted by Gasteiger charge is 2.53. The van der Waals surface area contributed by atoms with Crippen LogP contribution in [0.25, 0.3) is 0 Å². The van der Waals surface area contributed by atoms with Crippen molar-refractivity contribution in [2.24, 2.45) is 0 Å². The van der Waals surface area contributed by atoms with Gasteiger partial charge in [0, 0.05) is 23.0 Å². The first-order valence-electron chi connectivity index (χ1n) is 11.2. The summed E-state index contributed by atoms with van der Waals surface area (Å²) < 4.78 is 3.88. The number of thioether (sulfide) groups is 1. The lowest BCUT2D eigenvalue weighted by Gasteiger charge is -2.41. The Labute approximate surface area is 199 Å². The van der Waals surface area contributed by atoms with Crippen molar-refractivity contribution >= 4 is 40.9 Å². The molecule has 0 saturated carbocycles. The third-order valence-corrected chi connectivity index (χ3v) is 7.99. The second kappa shape index (κ2) is 10.3. The molecule has 2 aliphatic heterocycles. The zero-order valence-corrected chi connectivity index (χ0v) is 20.0. The van der Waals surface area contributed by atoms with Gasteiger partial charge in [0.05, 0.1) is 12.8 Å². The fourth-order valence-corrected chi connectivity index (χ4v) is 6.03. The Kier molecular flexibility index (Phi) is 7.44. The van der Waals surface area contributed by atoms with Crippen molar-refractivity contribution < 1.29 is 14.3 Å². The Morgan fingerprint density at radius 3 is 2.56 bits per heavy atom. The van der Waals surface area contributed by atoms with Crippen molar-refractivity contribution in [3.8, 4) is 0 Å². The number of benzene rings is 2. The van der Waals surface area contributed by atoms with E-state index in [4.69, 9.17) is 16.3 Å². The van der Waals surface area contributed by atoms with E-state index in [1.807, 2.05) is 48.5 Å². The van der Waals surface area contributed by atoms with Gasteiger partial charge in [-0.25, -0.2) is 4.79 Å². The van der Waals surface area contributed by atoms with Crippen LogP contribution in [0, 0.1) is 0 Å². The fourth-order valence-electron chi connectivity index (χ4n) is 4.51. The summed E-state index contributed by atoms with van der Waals surface area (Å²) in [4.78, 5) is 32.1. The summed E-state index contributed by atoms with van der Waals surface area (Å²) >= 11 is 7.59. The van der Waals surface area contributed by atoms with Gasteiger partial charge in [-0.2, -0.15) is 0 Å². The number of rotatable bonds is 7. The minimum atomic E-state index is -1.31. The molecule has 170 valence electrons. The van der Waals surface area contributed by atoms with Gasteiger partial charge in [0.2, 0.25) is 0 Å². The van der Waals surface area contributed by atoms with E-state index >= 15 is 0 Å². The van der Waals surface area contributed by atoms with Crippen molar-refractivity contribution in [2.75, 3.05) is 38.2 Å². The van der Waals surface area contributed by atoms with Crippen LogP contribution in [0.4, 0.5) is 5.69 Å². The van der Waals surface area contributed by atoms with Gasteiger partial charge >= 0.3 is 5.97 Å². The summed E-state index contributed by atoms with van der Waals surface area (Å²) in [6, 6.07) is 15.5. The van der Waals surface area contributed by atoms with Gasteiger partial charge in [0.25, 0.3) is 5.91 Å². The minimum Gasteiger partial charge on any atom is -0.468 e. The Balaban J connectivity index is 1.65.